The Labute approximate surface area is 149 Å². The Hall–Kier alpha value is -2.76. The van der Waals surface area contributed by atoms with Crippen molar-refractivity contribution in [1.82, 2.24) is 14.0 Å². The number of nitrogens with zero attached hydrogens (tertiary/aromatic N) is 4. The van der Waals surface area contributed by atoms with Crippen LogP contribution in [0.25, 0.3) is 11.2 Å². The summed E-state index contributed by atoms with van der Waals surface area (Å²) < 4.78 is 2.95. The summed E-state index contributed by atoms with van der Waals surface area (Å²) in [4.78, 5) is 32.6. The Bertz CT molecular complexity index is 839. The minimum atomic E-state index is -0.236. The normalized spacial score (nSPS) is 10.8. The standard InChI is InChI=1S/C15H16N4O2.2C2H6/c1-5-7-16-11(6-2)12-13-15(21)18(4)8-9-19(13)14(17-12)10(3)20;2*1-2/h5-9H,1H2,2-4H3;2*1-2H3/b11-6-,16-7?;;. The second-order valence-electron chi connectivity index (χ2n) is 4.46. The number of allylic oxidation sites excluding steroid dienone is 2. The zero-order chi connectivity index (χ0) is 19.6. The van der Waals surface area contributed by atoms with E-state index in [1.54, 1.807) is 32.4 Å². The van der Waals surface area contributed by atoms with Gasteiger partial charge in [0.05, 0.1) is 5.70 Å². The zero-order valence-corrected chi connectivity index (χ0v) is 16.2. The lowest BCUT2D eigenvalue weighted by molar-refractivity contribution is 0.100. The van der Waals surface area contributed by atoms with Gasteiger partial charge in [0.2, 0.25) is 0 Å². The van der Waals surface area contributed by atoms with Crippen LogP contribution in [0, 0.1) is 0 Å². The highest BCUT2D eigenvalue weighted by molar-refractivity contribution is 5.94. The van der Waals surface area contributed by atoms with Crippen molar-refractivity contribution in [2.75, 3.05) is 0 Å². The maximum absolute atomic E-state index is 12.4. The van der Waals surface area contributed by atoms with Crippen molar-refractivity contribution in [3.8, 4) is 0 Å². The summed E-state index contributed by atoms with van der Waals surface area (Å²) in [6.07, 6.45) is 8.02. The van der Waals surface area contributed by atoms with E-state index in [0.717, 1.165) is 0 Å². The average molecular weight is 344 g/mol. The molecule has 0 saturated carbocycles. The molecule has 0 N–H and O–H groups in total. The first kappa shape index (κ1) is 22.2. The summed E-state index contributed by atoms with van der Waals surface area (Å²) >= 11 is 0. The van der Waals surface area contributed by atoms with Gasteiger partial charge in [0, 0.05) is 32.6 Å². The van der Waals surface area contributed by atoms with Gasteiger partial charge < -0.3 is 4.57 Å². The quantitative estimate of drug-likeness (QED) is 0.624. The van der Waals surface area contributed by atoms with Gasteiger partial charge in [0.1, 0.15) is 11.2 Å². The number of aliphatic imine (C=N–C) groups is 1. The number of hydrogen-bond donors (Lipinski definition) is 0. The van der Waals surface area contributed by atoms with Crippen LogP contribution in [0.1, 0.15) is 57.9 Å². The third-order valence-corrected chi connectivity index (χ3v) is 3.02. The maximum Gasteiger partial charge on any atom is 0.276 e. The Kier molecular flexibility index (Phi) is 9.71. The summed E-state index contributed by atoms with van der Waals surface area (Å²) in [6, 6.07) is 0. The molecule has 2 aromatic rings. The average Bonchev–Trinajstić information content (AvgIpc) is 3.03. The van der Waals surface area contributed by atoms with Crippen LogP contribution >= 0.6 is 0 Å². The second-order valence-corrected chi connectivity index (χ2v) is 4.46. The minimum absolute atomic E-state index is 0.214. The molecule has 2 rings (SSSR count). The first-order valence-corrected chi connectivity index (χ1v) is 8.41. The van der Waals surface area contributed by atoms with E-state index in [9.17, 15) is 9.59 Å². The molecule has 0 aromatic carbocycles. The van der Waals surface area contributed by atoms with Gasteiger partial charge in [0.15, 0.2) is 11.6 Å². The number of carbonyl (C=O) groups is 1. The molecule has 0 aliphatic carbocycles. The maximum atomic E-state index is 12.4. The minimum Gasteiger partial charge on any atom is -0.315 e. The number of ketones is 1. The largest absolute Gasteiger partial charge is 0.315 e. The molecule has 0 radical (unpaired) electrons. The summed E-state index contributed by atoms with van der Waals surface area (Å²) in [5, 5.41) is 0. The van der Waals surface area contributed by atoms with Gasteiger partial charge in [-0.25, -0.2) is 4.98 Å². The third kappa shape index (κ3) is 4.86. The van der Waals surface area contributed by atoms with E-state index in [2.05, 4.69) is 16.6 Å². The van der Waals surface area contributed by atoms with Crippen molar-refractivity contribution in [3.63, 3.8) is 0 Å². The molecular weight excluding hydrogens is 316 g/mol. The predicted molar refractivity (Wildman–Crippen MR) is 105 cm³/mol. The van der Waals surface area contributed by atoms with Crippen LogP contribution in [0.15, 0.2) is 40.9 Å². The summed E-state index contributed by atoms with van der Waals surface area (Å²) in [5.41, 5.74) is 1.00. The van der Waals surface area contributed by atoms with Crippen molar-refractivity contribution >= 4 is 23.2 Å². The number of aryl methyl sites for hydroxylation is 1. The first-order valence-electron chi connectivity index (χ1n) is 8.41. The van der Waals surface area contributed by atoms with Crippen LogP contribution in [-0.4, -0.2) is 25.9 Å². The van der Waals surface area contributed by atoms with Gasteiger partial charge >= 0.3 is 0 Å². The van der Waals surface area contributed by atoms with Gasteiger partial charge in [-0.1, -0.05) is 46.4 Å². The van der Waals surface area contributed by atoms with Gasteiger partial charge in [-0.3, -0.25) is 19.0 Å². The number of aromatic nitrogens is 3. The van der Waals surface area contributed by atoms with Crippen LogP contribution in [0.2, 0.25) is 0 Å². The second kappa shape index (κ2) is 10.9. The molecular formula is C19H28N4O2. The van der Waals surface area contributed by atoms with Crippen molar-refractivity contribution < 1.29 is 4.79 Å². The van der Waals surface area contributed by atoms with Crippen molar-refractivity contribution in [2.45, 2.75) is 41.5 Å². The van der Waals surface area contributed by atoms with Crippen LogP contribution in [-0.2, 0) is 7.05 Å². The Balaban J connectivity index is 0.00000134. The smallest absolute Gasteiger partial charge is 0.276 e. The van der Waals surface area contributed by atoms with Crippen molar-refractivity contribution in [1.29, 1.82) is 0 Å². The van der Waals surface area contributed by atoms with Gasteiger partial charge in [-0.15, -0.1) is 0 Å². The molecule has 2 heterocycles. The Morgan fingerprint density at radius 3 is 2.32 bits per heavy atom. The van der Waals surface area contributed by atoms with Crippen LogP contribution < -0.4 is 5.56 Å². The fraction of sp³-hybridized carbons (Fsp3) is 0.368. The number of Topliss-reactive ketones (excluding diaryl/α,β-unsaturated/α-hetero) is 1. The molecule has 0 atom stereocenters. The molecule has 0 aliphatic heterocycles. The van der Waals surface area contributed by atoms with E-state index >= 15 is 0 Å². The van der Waals surface area contributed by atoms with Gasteiger partial charge in [-0.05, 0) is 6.92 Å². The van der Waals surface area contributed by atoms with Crippen molar-refractivity contribution in [3.05, 3.63) is 53.0 Å². The molecule has 0 saturated heterocycles. The lowest BCUT2D eigenvalue weighted by atomic mass is 10.3. The Morgan fingerprint density at radius 1 is 1.24 bits per heavy atom. The lowest BCUT2D eigenvalue weighted by Crippen LogP contribution is -2.19. The molecule has 2 aromatic heterocycles. The van der Waals surface area contributed by atoms with Crippen LogP contribution in [0.3, 0.4) is 0 Å². The van der Waals surface area contributed by atoms with E-state index in [-0.39, 0.29) is 17.2 Å². The molecule has 0 unspecified atom stereocenters. The number of carbonyl (C=O) groups excluding carboxylic acids is 1. The SMILES string of the molecule is C=CC=N/C(=C\C)c1nc(C(C)=O)n2ccn(C)c(=O)c12.CC.CC. The van der Waals surface area contributed by atoms with Crippen molar-refractivity contribution in [2.24, 2.45) is 12.0 Å². The summed E-state index contributed by atoms with van der Waals surface area (Å²) in [5.74, 6) is -0.00138. The molecule has 136 valence electrons. The fourth-order valence-corrected chi connectivity index (χ4v) is 2.02. The van der Waals surface area contributed by atoms with E-state index < -0.39 is 0 Å². The summed E-state index contributed by atoms with van der Waals surface area (Å²) in [6.45, 7) is 14.8. The van der Waals surface area contributed by atoms with Crippen LogP contribution in [0.4, 0.5) is 0 Å². The molecule has 6 heteroatoms. The molecule has 0 aliphatic rings. The molecule has 0 bridgehead atoms. The summed E-state index contributed by atoms with van der Waals surface area (Å²) in [7, 11) is 1.65. The van der Waals surface area contributed by atoms with Gasteiger partial charge in [-0.2, -0.15) is 0 Å². The molecule has 6 nitrogen and oxygen atoms in total. The number of imidazole rings is 1. The number of fused-ring (bicyclic) bond motifs is 1. The monoisotopic (exact) mass is 344 g/mol. The molecule has 0 amide bonds. The Morgan fingerprint density at radius 2 is 1.84 bits per heavy atom. The number of hydrogen-bond acceptors (Lipinski definition) is 4. The topological polar surface area (TPSA) is 68.7 Å². The highest BCUT2D eigenvalue weighted by atomic mass is 16.1. The van der Waals surface area contributed by atoms with Crippen LogP contribution in [0.5, 0.6) is 0 Å². The highest BCUT2D eigenvalue weighted by Gasteiger charge is 2.19. The highest BCUT2D eigenvalue weighted by Crippen LogP contribution is 2.20. The zero-order valence-electron chi connectivity index (χ0n) is 16.2. The molecule has 25 heavy (non-hydrogen) atoms. The predicted octanol–water partition coefficient (Wildman–Crippen LogP) is 3.91. The lowest BCUT2D eigenvalue weighted by Gasteiger charge is -2.01. The van der Waals surface area contributed by atoms with E-state index in [0.29, 0.717) is 16.9 Å². The van der Waals surface area contributed by atoms with E-state index in [1.807, 2.05) is 27.7 Å². The fourth-order valence-electron chi connectivity index (χ4n) is 2.02. The van der Waals surface area contributed by atoms with E-state index in [1.165, 1.54) is 28.2 Å². The van der Waals surface area contributed by atoms with E-state index in [4.69, 9.17) is 0 Å². The first-order chi connectivity index (χ1) is 12.0. The number of rotatable bonds is 4. The molecule has 0 fully saturated rings. The third-order valence-electron chi connectivity index (χ3n) is 3.02. The van der Waals surface area contributed by atoms with Gasteiger partial charge in [0.25, 0.3) is 5.56 Å². The molecule has 0 spiro atoms.